The van der Waals surface area contributed by atoms with E-state index in [1.807, 2.05) is 49.4 Å². The van der Waals surface area contributed by atoms with Crippen molar-refractivity contribution >= 4 is 17.4 Å². The fourth-order valence-electron chi connectivity index (χ4n) is 5.54. The molecule has 39 heavy (non-hydrogen) atoms. The van der Waals surface area contributed by atoms with Gasteiger partial charge in [-0.15, -0.1) is 0 Å². The predicted octanol–water partition coefficient (Wildman–Crippen LogP) is 6.15. The lowest BCUT2D eigenvalue weighted by Crippen LogP contribution is -2.37. The van der Waals surface area contributed by atoms with Crippen molar-refractivity contribution in [1.29, 1.82) is 0 Å². The molecule has 0 spiro atoms. The summed E-state index contributed by atoms with van der Waals surface area (Å²) >= 11 is 0. The highest BCUT2D eigenvalue weighted by molar-refractivity contribution is 6.10. The highest BCUT2D eigenvalue weighted by Crippen LogP contribution is 2.47. The number of Topliss-reactive ketones (excluding diaryl/α,β-unsaturated/α-hetero) is 1. The number of ether oxygens (including phenoxy) is 2. The van der Waals surface area contributed by atoms with Crippen molar-refractivity contribution in [2.24, 2.45) is 0 Å². The Labute approximate surface area is 227 Å². The van der Waals surface area contributed by atoms with Crippen molar-refractivity contribution in [2.45, 2.75) is 38.5 Å². The van der Waals surface area contributed by atoms with Gasteiger partial charge in [0.25, 0.3) is 5.91 Å². The molecule has 3 aromatic rings. The summed E-state index contributed by atoms with van der Waals surface area (Å²) in [5.74, 6) is -0.689. The highest BCUT2D eigenvalue weighted by atomic mass is 19.1. The molecule has 0 fully saturated rings. The summed E-state index contributed by atoms with van der Waals surface area (Å²) in [6.07, 6.45) is 0.762. The number of allylic oxidation sites excluding steroid dienone is 3. The van der Waals surface area contributed by atoms with Crippen molar-refractivity contribution in [3.8, 4) is 11.5 Å². The maximum Gasteiger partial charge on any atom is 0.254 e. The van der Waals surface area contributed by atoms with Gasteiger partial charge in [-0.3, -0.25) is 9.59 Å². The second kappa shape index (κ2) is 10.8. The molecule has 3 aromatic carbocycles. The van der Waals surface area contributed by atoms with Crippen molar-refractivity contribution in [2.75, 3.05) is 19.5 Å². The van der Waals surface area contributed by atoms with Crippen LogP contribution in [0.15, 0.2) is 89.3 Å². The molecule has 1 heterocycles. The minimum atomic E-state index is -0.827. The lowest BCUT2D eigenvalue weighted by Gasteiger charge is -2.37. The molecular formula is C32H31FN2O4. The molecule has 2 N–H and O–H groups in total. The zero-order chi connectivity index (χ0) is 27.7. The number of halogens is 1. The van der Waals surface area contributed by atoms with Gasteiger partial charge < -0.3 is 20.1 Å². The van der Waals surface area contributed by atoms with Crippen LogP contribution in [0.1, 0.15) is 48.3 Å². The number of methoxy groups -OCH3 is 2. The van der Waals surface area contributed by atoms with E-state index in [9.17, 15) is 9.59 Å². The number of nitrogens with one attached hydrogen (secondary N) is 2. The Morgan fingerprint density at radius 3 is 2.36 bits per heavy atom. The van der Waals surface area contributed by atoms with Crippen LogP contribution in [0, 0.1) is 12.7 Å². The van der Waals surface area contributed by atoms with Crippen LogP contribution in [-0.4, -0.2) is 25.9 Å². The zero-order valence-electron chi connectivity index (χ0n) is 22.4. The molecule has 6 nitrogen and oxygen atoms in total. The summed E-state index contributed by atoms with van der Waals surface area (Å²) in [5.41, 5.74) is 5.02. The number of rotatable bonds is 6. The smallest absolute Gasteiger partial charge is 0.254 e. The Bertz CT molecular complexity index is 1510. The topological polar surface area (TPSA) is 76.7 Å². The largest absolute Gasteiger partial charge is 0.493 e. The van der Waals surface area contributed by atoms with Crippen LogP contribution in [0.2, 0.25) is 0 Å². The zero-order valence-corrected chi connectivity index (χ0v) is 22.4. The van der Waals surface area contributed by atoms with Gasteiger partial charge in [0.05, 0.1) is 14.2 Å². The van der Waals surface area contributed by atoms with Crippen molar-refractivity contribution < 1.29 is 23.5 Å². The van der Waals surface area contributed by atoms with Gasteiger partial charge in [0.2, 0.25) is 0 Å². The molecule has 2 aliphatic rings. The molecule has 1 aliphatic heterocycles. The number of benzene rings is 3. The Morgan fingerprint density at radius 2 is 1.67 bits per heavy atom. The molecule has 0 radical (unpaired) electrons. The average molecular weight is 527 g/mol. The SMILES string of the molecule is COc1ccc(C2CC(=O)C3=C(C2)NC(C)=C(C(=O)Nc2ccc(C)cc2)C3c2ccccc2F)cc1OC. The third kappa shape index (κ3) is 5.04. The number of carbonyl (C=O) groups excluding carboxylic acids is 2. The first kappa shape index (κ1) is 26.2. The quantitative estimate of drug-likeness (QED) is 0.403. The molecular weight excluding hydrogens is 495 g/mol. The normalized spacial score (nSPS) is 18.8. The van der Waals surface area contributed by atoms with Gasteiger partial charge in [-0.1, -0.05) is 42.0 Å². The van der Waals surface area contributed by atoms with Crippen LogP contribution in [0.25, 0.3) is 0 Å². The second-order valence-corrected chi connectivity index (χ2v) is 9.97. The number of aryl methyl sites for hydroxylation is 1. The molecule has 7 heteroatoms. The summed E-state index contributed by atoms with van der Waals surface area (Å²) in [6.45, 7) is 3.77. The summed E-state index contributed by atoms with van der Waals surface area (Å²) in [5, 5.41) is 6.28. The number of carbonyl (C=O) groups is 2. The molecule has 1 amide bonds. The van der Waals surface area contributed by atoms with E-state index in [1.165, 1.54) is 6.07 Å². The lowest BCUT2D eigenvalue weighted by molar-refractivity contribution is -0.116. The van der Waals surface area contributed by atoms with E-state index in [-0.39, 0.29) is 24.0 Å². The van der Waals surface area contributed by atoms with Gasteiger partial charge >= 0.3 is 0 Å². The standard InChI is InChI=1S/C32H31FN2O4/c1-18-9-12-22(13-10-18)35-32(37)29-19(2)34-25-15-21(20-11-14-27(38-3)28(17-20)39-4)16-26(36)31(25)30(29)23-7-5-6-8-24(23)33/h5-14,17,21,30,34H,15-16H2,1-4H3,(H,35,37). The van der Waals surface area contributed by atoms with Crippen molar-refractivity contribution in [1.82, 2.24) is 5.32 Å². The first-order valence-corrected chi connectivity index (χ1v) is 12.9. The predicted molar refractivity (Wildman–Crippen MR) is 148 cm³/mol. The Kier molecular flexibility index (Phi) is 7.24. The number of hydrogen-bond acceptors (Lipinski definition) is 5. The lowest BCUT2D eigenvalue weighted by atomic mass is 9.71. The van der Waals surface area contributed by atoms with Crippen LogP contribution < -0.4 is 20.1 Å². The summed E-state index contributed by atoms with van der Waals surface area (Å²) < 4.78 is 26.1. The van der Waals surface area contributed by atoms with Gasteiger partial charge in [-0.25, -0.2) is 4.39 Å². The molecule has 1 aliphatic carbocycles. The number of ketones is 1. The fraction of sp³-hybridized carbons (Fsp3) is 0.250. The summed E-state index contributed by atoms with van der Waals surface area (Å²) in [7, 11) is 3.16. The fourth-order valence-corrected chi connectivity index (χ4v) is 5.54. The number of hydrogen-bond donors (Lipinski definition) is 2. The van der Waals surface area contributed by atoms with E-state index in [2.05, 4.69) is 10.6 Å². The van der Waals surface area contributed by atoms with Crippen LogP contribution in [0.3, 0.4) is 0 Å². The van der Waals surface area contributed by atoms with E-state index >= 15 is 4.39 Å². The molecule has 2 unspecified atom stereocenters. The average Bonchev–Trinajstić information content (AvgIpc) is 2.93. The summed E-state index contributed by atoms with van der Waals surface area (Å²) in [4.78, 5) is 27.5. The summed E-state index contributed by atoms with van der Waals surface area (Å²) in [6, 6.07) is 19.5. The molecule has 2 atom stereocenters. The second-order valence-electron chi connectivity index (χ2n) is 9.97. The Hall–Kier alpha value is -4.39. The monoisotopic (exact) mass is 526 g/mol. The van der Waals surface area contributed by atoms with Gasteiger partial charge in [0, 0.05) is 46.1 Å². The molecule has 0 bridgehead atoms. The van der Waals surface area contributed by atoms with E-state index in [4.69, 9.17) is 9.47 Å². The Balaban J connectivity index is 1.55. The van der Waals surface area contributed by atoms with Crippen LogP contribution in [0.4, 0.5) is 10.1 Å². The molecule has 0 saturated carbocycles. The minimum Gasteiger partial charge on any atom is -0.493 e. The van der Waals surface area contributed by atoms with Gasteiger partial charge in [0.15, 0.2) is 17.3 Å². The van der Waals surface area contributed by atoms with E-state index in [0.717, 1.165) is 11.1 Å². The maximum atomic E-state index is 15.3. The van der Waals surface area contributed by atoms with Crippen molar-refractivity contribution in [3.63, 3.8) is 0 Å². The van der Waals surface area contributed by atoms with Gasteiger partial charge in [-0.2, -0.15) is 0 Å². The van der Waals surface area contributed by atoms with Crippen LogP contribution in [0.5, 0.6) is 11.5 Å². The molecule has 0 aromatic heterocycles. The first-order chi connectivity index (χ1) is 18.8. The Morgan fingerprint density at radius 1 is 0.949 bits per heavy atom. The maximum absolute atomic E-state index is 15.3. The van der Waals surface area contributed by atoms with Crippen molar-refractivity contribution in [3.05, 3.63) is 112 Å². The molecule has 0 saturated heterocycles. The van der Waals surface area contributed by atoms with Gasteiger partial charge in [-0.05, 0) is 62.1 Å². The number of amides is 1. The third-order valence-corrected chi connectivity index (χ3v) is 7.48. The number of anilines is 1. The van der Waals surface area contributed by atoms with Crippen LogP contribution in [-0.2, 0) is 9.59 Å². The minimum absolute atomic E-state index is 0.111. The molecule has 5 rings (SSSR count). The van der Waals surface area contributed by atoms with E-state index < -0.39 is 11.7 Å². The first-order valence-electron chi connectivity index (χ1n) is 12.9. The number of dihydropyridines is 1. The molecule has 200 valence electrons. The third-order valence-electron chi connectivity index (χ3n) is 7.48. The van der Waals surface area contributed by atoms with Crippen LogP contribution >= 0.6 is 0 Å². The van der Waals surface area contributed by atoms with Gasteiger partial charge in [0.1, 0.15) is 5.82 Å². The highest BCUT2D eigenvalue weighted by Gasteiger charge is 2.42. The van der Waals surface area contributed by atoms with E-state index in [1.54, 1.807) is 39.3 Å². The van der Waals surface area contributed by atoms with E-state index in [0.29, 0.717) is 51.7 Å².